The lowest BCUT2D eigenvalue weighted by molar-refractivity contribution is 0.318. The van der Waals surface area contributed by atoms with E-state index < -0.39 is 0 Å². The summed E-state index contributed by atoms with van der Waals surface area (Å²) >= 11 is 1.63. The van der Waals surface area contributed by atoms with Gasteiger partial charge in [-0.1, -0.05) is 54.2 Å². The van der Waals surface area contributed by atoms with Crippen LogP contribution in [0.4, 0.5) is 0 Å². The number of nitrogens with one attached hydrogen (secondary N) is 1. The predicted octanol–water partition coefficient (Wildman–Crippen LogP) is 4.87. The lowest BCUT2D eigenvalue weighted by atomic mass is 10.2. The van der Waals surface area contributed by atoms with Gasteiger partial charge < -0.3 is 9.72 Å². The molecule has 0 spiro atoms. The molecule has 0 bridgehead atoms. The van der Waals surface area contributed by atoms with Crippen molar-refractivity contribution in [3.63, 3.8) is 0 Å². The van der Waals surface area contributed by atoms with Crippen LogP contribution in [-0.4, -0.2) is 21.6 Å². The van der Waals surface area contributed by atoms with E-state index in [1.165, 1.54) is 5.56 Å². The largest absolute Gasteiger partial charge is 0.491 e. The minimum absolute atomic E-state index is 0.637. The normalized spacial score (nSPS) is 10.9. The van der Waals surface area contributed by atoms with Crippen molar-refractivity contribution in [1.82, 2.24) is 15.0 Å². The fraction of sp³-hybridized carbons (Fsp3) is 0.143. The zero-order chi connectivity index (χ0) is 17.6. The van der Waals surface area contributed by atoms with Gasteiger partial charge in [0.25, 0.3) is 0 Å². The van der Waals surface area contributed by atoms with Gasteiger partial charge >= 0.3 is 0 Å². The molecule has 2 aromatic heterocycles. The number of rotatable bonds is 7. The molecule has 0 saturated heterocycles. The second-order valence-electron chi connectivity index (χ2n) is 5.88. The number of hydrogen-bond acceptors (Lipinski definition) is 4. The van der Waals surface area contributed by atoms with E-state index in [9.17, 15) is 0 Å². The molecule has 0 radical (unpaired) electrons. The van der Waals surface area contributed by atoms with E-state index in [1.807, 2.05) is 42.5 Å². The van der Waals surface area contributed by atoms with Crippen LogP contribution in [0, 0.1) is 0 Å². The third-order valence-corrected chi connectivity index (χ3v) is 4.94. The van der Waals surface area contributed by atoms with Crippen LogP contribution in [0.15, 0.2) is 78.1 Å². The van der Waals surface area contributed by atoms with Gasteiger partial charge in [-0.3, -0.25) is 4.98 Å². The number of benzene rings is 2. The van der Waals surface area contributed by atoms with Crippen LogP contribution in [0.25, 0.3) is 11.0 Å². The van der Waals surface area contributed by atoms with E-state index in [0.29, 0.717) is 12.4 Å². The molecule has 2 heterocycles. The number of imidazole rings is 1. The maximum Gasteiger partial charge on any atom is 0.166 e. The van der Waals surface area contributed by atoms with Gasteiger partial charge in [0.1, 0.15) is 5.75 Å². The van der Waals surface area contributed by atoms with Crippen molar-refractivity contribution in [3.05, 3.63) is 84.2 Å². The van der Waals surface area contributed by atoms with E-state index in [2.05, 4.69) is 39.2 Å². The van der Waals surface area contributed by atoms with Gasteiger partial charge in [0, 0.05) is 18.4 Å². The van der Waals surface area contributed by atoms with Crippen LogP contribution < -0.4 is 4.74 Å². The first-order valence-corrected chi connectivity index (χ1v) is 9.55. The molecule has 0 aliphatic carbocycles. The van der Waals surface area contributed by atoms with E-state index in [0.717, 1.165) is 34.1 Å². The maximum absolute atomic E-state index is 5.98. The molecule has 0 fully saturated rings. The van der Waals surface area contributed by atoms with Crippen molar-refractivity contribution in [2.24, 2.45) is 0 Å². The number of aromatic amines is 1. The molecular formula is C21H19N3OS. The van der Waals surface area contributed by atoms with Crippen molar-refractivity contribution in [2.45, 2.75) is 17.3 Å². The molecule has 0 aliphatic heterocycles. The number of nitrogens with zero attached hydrogens (tertiary/aromatic N) is 2. The van der Waals surface area contributed by atoms with Crippen LogP contribution in [0.2, 0.25) is 0 Å². The third-order valence-electron chi connectivity index (χ3n) is 4.05. The first-order valence-electron chi connectivity index (χ1n) is 8.57. The molecule has 5 heteroatoms. The highest BCUT2D eigenvalue weighted by molar-refractivity contribution is 7.98. The summed E-state index contributed by atoms with van der Waals surface area (Å²) in [6.07, 6.45) is 2.68. The molecule has 4 nitrogen and oxygen atoms in total. The lowest BCUT2D eigenvalue weighted by Crippen LogP contribution is -2.04. The molecule has 130 valence electrons. The van der Waals surface area contributed by atoms with Crippen LogP contribution in [0.3, 0.4) is 0 Å². The first kappa shape index (κ1) is 16.7. The molecule has 0 saturated carbocycles. The number of aromatic nitrogens is 3. The standard InChI is InChI=1S/C21H19N3OS/c1-2-7-16(8-3-1)12-14-25-20-11-6-13-22-19(20)15-26-21-23-17-9-4-5-10-18(17)24-21/h1-11,13H,12,14-15H2,(H,23,24). The van der Waals surface area contributed by atoms with Crippen molar-refractivity contribution in [1.29, 1.82) is 0 Å². The van der Waals surface area contributed by atoms with Gasteiger partial charge in [-0.25, -0.2) is 4.98 Å². The summed E-state index contributed by atoms with van der Waals surface area (Å²) in [5, 5.41) is 0.895. The number of ether oxygens (including phenoxy) is 1. The molecular weight excluding hydrogens is 342 g/mol. The summed E-state index contributed by atoms with van der Waals surface area (Å²) in [6.45, 7) is 0.637. The number of fused-ring (bicyclic) bond motifs is 1. The zero-order valence-electron chi connectivity index (χ0n) is 14.3. The number of pyridine rings is 1. The highest BCUT2D eigenvalue weighted by atomic mass is 32.2. The summed E-state index contributed by atoms with van der Waals surface area (Å²) in [7, 11) is 0. The molecule has 26 heavy (non-hydrogen) atoms. The van der Waals surface area contributed by atoms with E-state index >= 15 is 0 Å². The summed E-state index contributed by atoms with van der Waals surface area (Å²) in [5.41, 5.74) is 4.24. The maximum atomic E-state index is 5.98. The highest BCUT2D eigenvalue weighted by Gasteiger charge is 2.08. The van der Waals surface area contributed by atoms with Crippen molar-refractivity contribution < 1.29 is 4.74 Å². The Kier molecular flexibility index (Phi) is 5.17. The average Bonchev–Trinajstić information content (AvgIpc) is 3.11. The molecule has 0 aliphatic rings. The summed E-state index contributed by atoms with van der Waals surface area (Å²) < 4.78 is 5.98. The minimum Gasteiger partial charge on any atom is -0.491 e. The SMILES string of the molecule is c1ccc(CCOc2cccnc2CSc2nc3ccccc3[nH]2)cc1. The van der Waals surface area contributed by atoms with Gasteiger partial charge in [0.15, 0.2) is 5.16 Å². The average molecular weight is 361 g/mol. The van der Waals surface area contributed by atoms with Gasteiger partial charge in [0.2, 0.25) is 0 Å². The van der Waals surface area contributed by atoms with Crippen LogP contribution in [0.5, 0.6) is 5.75 Å². The summed E-state index contributed by atoms with van der Waals surface area (Å²) in [5.74, 6) is 1.55. The fourth-order valence-corrected chi connectivity index (χ4v) is 3.56. The molecule has 0 amide bonds. The van der Waals surface area contributed by atoms with Gasteiger partial charge in [-0.15, -0.1) is 0 Å². The molecule has 4 aromatic rings. The van der Waals surface area contributed by atoms with E-state index in [-0.39, 0.29) is 0 Å². The first-order chi connectivity index (χ1) is 12.9. The van der Waals surface area contributed by atoms with Crippen molar-refractivity contribution in [2.75, 3.05) is 6.61 Å². The molecule has 2 aromatic carbocycles. The fourth-order valence-electron chi connectivity index (χ4n) is 2.72. The van der Waals surface area contributed by atoms with Crippen LogP contribution in [0.1, 0.15) is 11.3 Å². The smallest absolute Gasteiger partial charge is 0.166 e. The number of hydrogen-bond donors (Lipinski definition) is 1. The van der Waals surface area contributed by atoms with E-state index in [1.54, 1.807) is 18.0 Å². The molecule has 1 N–H and O–H groups in total. The lowest BCUT2D eigenvalue weighted by Gasteiger charge is -2.10. The Balaban J connectivity index is 1.39. The quantitative estimate of drug-likeness (QED) is 0.477. The Morgan fingerprint density at radius 3 is 2.65 bits per heavy atom. The van der Waals surface area contributed by atoms with Gasteiger partial charge in [-0.2, -0.15) is 0 Å². The second kappa shape index (κ2) is 8.06. The van der Waals surface area contributed by atoms with Crippen LogP contribution >= 0.6 is 11.8 Å². The zero-order valence-corrected chi connectivity index (χ0v) is 15.1. The molecule has 4 rings (SSSR count). The molecule has 0 unspecified atom stereocenters. The molecule has 0 atom stereocenters. The Labute approximate surface area is 156 Å². The predicted molar refractivity (Wildman–Crippen MR) is 106 cm³/mol. The van der Waals surface area contributed by atoms with E-state index in [4.69, 9.17) is 4.74 Å². The third kappa shape index (κ3) is 4.06. The van der Waals surface area contributed by atoms with Crippen molar-refractivity contribution >= 4 is 22.8 Å². The van der Waals surface area contributed by atoms with Gasteiger partial charge in [-0.05, 0) is 29.8 Å². The summed E-state index contributed by atoms with van der Waals surface area (Å²) in [4.78, 5) is 12.4. The Morgan fingerprint density at radius 2 is 1.77 bits per heavy atom. The topological polar surface area (TPSA) is 50.8 Å². The second-order valence-corrected chi connectivity index (χ2v) is 6.84. The Hall–Kier alpha value is -2.79. The van der Waals surface area contributed by atoms with Crippen LogP contribution in [-0.2, 0) is 12.2 Å². The monoisotopic (exact) mass is 361 g/mol. The Morgan fingerprint density at radius 1 is 0.923 bits per heavy atom. The Bertz CT molecular complexity index is 952. The number of para-hydroxylation sites is 2. The summed E-state index contributed by atoms with van der Waals surface area (Å²) in [6, 6.07) is 22.3. The highest BCUT2D eigenvalue weighted by Crippen LogP contribution is 2.26. The van der Waals surface area contributed by atoms with Gasteiger partial charge in [0.05, 0.1) is 23.3 Å². The number of H-pyrrole nitrogens is 1. The number of thioether (sulfide) groups is 1. The minimum atomic E-state index is 0.637. The van der Waals surface area contributed by atoms with Crippen molar-refractivity contribution in [3.8, 4) is 5.75 Å².